The Kier molecular flexibility index (Phi) is 7.74. The second kappa shape index (κ2) is 10.2. The SMILES string of the molecule is COC(=O)C1CCN(C(=O)COC(=O)/C(=C/c2ccccc2)NC(C)=O)CC1. The fourth-order valence-corrected chi connectivity index (χ4v) is 2.88. The molecule has 2 rings (SSSR count). The number of piperidine rings is 1. The minimum Gasteiger partial charge on any atom is -0.469 e. The van der Waals surface area contributed by atoms with Gasteiger partial charge in [-0.2, -0.15) is 0 Å². The predicted octanol–water partition coefficient (Wildman–Crippen LogP) is 1.12. The van der Waals surface area contributed by atoms with Crippen LogP contribution in [-0.4, -0.2) is 55.5 Å². The molecule has 1 heterocycles. The highest BCUT2D eigenvalue weighted by molar-refractivity contribution is 5.98. The molecule has 0 spiro atoms. The fraction of sp³-hybridized carbons (Fsp3) is 0.400. The summed E-state index contributed by atoms with van der Waals surface area (Å²) in [5, 5.41) is 2.43. The lowest BCUT2D eigenvalue weighted by atomic mass is 9.97. The Morgan fingerprint density at radius 2 is 1.79 bits per heavy atom. The van der Waals surface area contributed by atoms with Gasteiger partial charge in [0.1, 0.15) is 5.70 Å². The van der Waals surface area contributed by atoms with Crippen molar-refractivity contribution in [1.82, 2.24) is 10.2 Å². The van der Waals surface area contributed by atoms with E-state index >= 15 is 0 Å². The molecule has 0 bridgehead atoms. The summed E-state index contributed by atoms with van der Waals surface area (Å²) in [5.41, 5.74) is 0.662. The lowest BCUT2D eigenvalue weighted by Gasteiger charge is -2.30. The number of likely N-dealkylation sites (tertiary alicyclic amines) is 1. The standard InChI is InChI=1S/C20H24N2O6/c1-14(23)21-17(12-15-6-4-3-5-7-15)20(26)28-13-18(24)22-10-8-16(9-11-22)19(25)27-2/h3-7,12,16H,8-11,13H2,1-2H3,(H,21,23)/b17-12-. The molecule has 1 aromatic rings. The smallest absolute Gasteiger partial charge is 0.355 e. The summed E-state index contributed by atoms with van der Waals surface area (Å²) in [6, 6.07) is 8.96. The van der Waals surface area contributed by atoms with Gasteiger partial charge < -0.3 is 19.7 Å². The Hall–Kier alpha value is -3.16. The fourth-order valence-electron chi connectivity index (χ4n) is 2.88. The van der Waals surface area contributed by atoms with Gasteiger partial charge in [-0.05, 0) is 24.5 Å². The van der Waals surface area contributed by atoms with Crippen LogP contribution >= 0.6 is 0 Å². The molecule has 1 aliphatic rings. The van der Waals surface area contributed by atoms with Gasteiger partial charge in [0, 0.05) is 20.0 Å². The summed E-state index contributed by atoms with van der Waals surface area (Å²) in [5.74, 6) is -2.05. The summed E-state index contributed by atoms with van der Waals surface area (Å²) >= 11 is 0. The van der Waals surface area contributed by atoms with Gasteiger partial charge in [-0.3, -0.25) is 14.4 Å². The monoisotopic (exact) mass is 388 g/mol. The maximum absolute atomic E-state index is 12.3. The molecule has 8 nitrogen and oxygen atoms in total. The third-order valence-electron chi connectivity index (χ3n) is 4.35. The highest BCUT2D eigenvalue weighted by Gasteiger charge is 2.28. The number of ether oxygens (including phenoxy) is 2. The van der Waals surface area contributed by atoms with Crippen molar-refractivity contribution >= 4 is 29.8 Å². The third kappa shape index (κ3) is 6.22. The van der Waals surface area contributed by atoms with E-state index in [1.54, 1.807) is 29.2 Å². The molecule has 8 heteroatoms. The Bertz CT molecular complexity index is 751. The second-order valence-corrected chi connectivity index (χ2v) is 6.40. The van der Waals surface area contributed by atoms with Crippen LogP contribution in [0.3, 0.4) is 0 Å². The molecule has 0 aromatic heterocycles. The van der Waals surface area contributed by atoms with Crippen LogP contribution in [0.25, 0.3) is 6.08 Å². The number of hydrogen-bond donors (Lipinski definition) is 1. The third-order valence-corrected chi connectivity index (χ3v) is 4.35. The molecular weight excluding hydrogens is 364 g/mol. The molecule has 2 amide bonds. The van der Waals surface area contributed by atoms with E-state index in [0.29, 0.717) is 31.5 Å². The summed E-state index contributed by atoms with van der Waals surface area (Å²) in [6.07, 6.45) is 2.50. The first-order valence-corrected chi connectivity index (χ1v) is 8.97. The lowest BCUT2D eigenvalue weighted by Crippen LogP contribution is -2.42. The van der Waals surface area contributed by atoms with E-state index in [2.05, 4.69) is 5.32 Å². The largest absolute Gasteiger partial charge is 0.469 e. The van der Waals surface area contributed by atoms with Crippen LogP contribution in [0.2, 0.25) is 0 Å². The molecule has 1 saturated heterocycles. The minimum atomic E-state index is -0.795. The van der Waals surface area contributed by atoms with Crippen LogP contribution in [0.1, 0.15) is 25.3 Å². The number of esters is 2. The summed E-state index contributed by atoms with van der Waals surface area (Å²) in [7, 11) is 1.34. The van der Waals surface area contributed by atoms with Gasteiger partial charge in [0.25, 0.3) is 5.91 Å². The number of nitrogens with zero attached hydrogens (tertiary/aromatic N) is 1. The number of hydrogen-bond acceptors (Lipinski definition) is 6. The normalized spacial score (nSPS) is 14.9. The van der Waals surface area contributed by atoms with Gasteiger partial charge in [0.15, 0.2) is 6.61 Å². The highest BCUT2D eigenvalue weighted by Crippen LogP contribution is 2.18. The number of methoxy groups -OCH3 is 1. The molecule has 0 radical (unpaired) electrons. The van der Waals surface area contributed by atoms with Crippen LogP contribution in [0, 0.1) is 5.92 Å². The second-order valence-electron chi connectivity index (χ2n) is 6.40. The van der Waals surface area contributed by atoms with E-state index in [4.69, 9.17) is 9.47 Å². The van der Waals surface area contributed by atoms with Crippen LogP contribution in [0.5, 0.6) is 0 Å². The first-order valence-electron chi connectivity index (χ1n) is 8.97. The first-order chi connectivity index (χ1) is 13.4. The zero-order valence-electron chi connectivity index (χ0n) is 16.0. The molecule has 0 saturated carbocycles. The van der Waals surface area contributed by atoms with Gasteiger partial charge in [0.2, 0.25) is 5.91 Å². The number of nitrogens with one attached hydrogen (secondary N) is 1. The number of carbonyl (C=O) groups is 4. The van der Waals surface area contributed by atoms with Gasteiger partial charge in [-0.15, -0.1) is 0 Å². The first kappa shape index (κ1) is 21.1. The van der Waals surface area contributed by atoms with Gasteiger partial charge in [-0.25, -0.2) is 4.79 Å². The molecular formula is C20H24N2O6. The van der Waals surface area contributed by atoms with E-state index in [-0.39, 0.29) is 23.5 Å². The molecule has 1 aliphatic heterocycles. The van der Waals surface area contributed by atoms with Crippen molar-refractivity contribution < 1.29 is 28.7 Å². The maximum atomic E-state index is 12.3. The quantitative estimate of drug-likeness (QED) is 0.579. The topological polar surface area (TPSA) is 102 Å². The summed E-state index contributed by atoms with van der Waals surface area (Å²) in [4.78, 5) is 49.0. The molecule has 0 atom stereocenters. The van der Waals surface area contributed by atoms with E-state index in [0.717, 1.165) is 0 Å². The molecule has 0 aliphatic carbocycles. The van der Waals surface area contributed by atoms with Gasteiger partial charge >= 0.3 is 11.9 Å². The van der Waals surface area contributed by atoms with Gasteiger partial charge in [0.05, 0.1) is 13.0 Å². The van der Waals surface area contributed by atoms with E-state index in [1.807, 2.05) is 6.07 Å². The summed E-state index contributed by atoms with van der Waals surface area (Å²) in [6.45, 7) is 1.64. The van der Waals surface area contributed by atoms with Crippen molar-refractivity contribution in [2.45, 2.75) is 19.8 Å². The molecule has 150 valence electrons. The highest BCUT2D eigenvalue weighted by atomic mass is 16.5. The summed E-state index contributed by atoms with van der Waals surface area (Å²) < 4.78 is 9.80. The Morgan fingerprint density at radius 3 is 2.36 bits per heavy atom. The van der Waals surface area contributed by atoms with E-state index < -0.39 is 18.5 Å². The van der Waals surface area contributed by atoms with Crippen molar-refractivity contribution in [3.05, 3.63) is 41.6 Å². The molecule has 28 heavy (non-hydrogen) atoms. The van der Waals surface area contributed by atoms with E-state index in [1.165, 1.54) is 20.1 Å². The minimum absolute atomic E-state index is 0.0455. The predicted molar refractivity (Wildman–Crippen MR) is 101 cm³/mol. The maximum Gasteiger partial charge on any atom is 0.355 e. The molecule has 1 N–H and O–H groups in total. The van der Waals surface area contributed by atoms with E-state index in [9.17, 15) is 19.2 Å². The van der Waals surface area contributed by atoms with Crippen molar-refractivity contribution in [1.29, 1.82) is 0 Å². The number of amides is 2. The van der Waals surface area contributed by atoms with Crippen molar-refractivity contribution in [3.8, 4) is 0 Å². The van der Waals surface area contributed by atoms with Crippen molar-refractivity contribution in [2.75, 3.05) is 26.8 Å². The van der Waals surface area contributed by atoms with Crippen LogP contribution in [-0.2, 0) is 28.7 Å². The Balaban J connectivity index is 1.91. The van der Waals surface area contributed by atoms with Crippen molar-refractivity contribution in [2.24, 2.45) is 5.92 Å². The number of benzene rings is 1. The molecule has 1 fully saturated rings. The lowest BCUT2D eigenvalue weighted by molar-refractivity contribution is -0.152. The zero-order valence-corrected chi connectivity index (χ0v) is 16.0. The Labute approximate surface area is 163 Å². The number of carbonyl (C=O) groups excluding carboxylic acids is 4. The van der Waals surface area contributed by atoms with Gasteiger partial charge in [-0.1, -0.05) is 30.3 Å². The van der Waals surface area contributed by atoms with Crippen LogP contribution < -0.4 is 5.32 Å². The van der Waals surface area contributed by atoms with Crippen LogP contribution in [0.4, 0.5) is 0 Å². The average Bonchev–Trinajstić information content (AvgIpc) is 2.71. The molecule has 1 aromatic carbocycles. The number of rotatable bonds is 6. The average molecular weight is 388 g/mol. The van der Waals surface area contributed by atoms with Crippen LogP contribution in [0.15, 0.2) is 36.0 Å². The van der Waals surface area contributed by atoms with Crippen molar-refractivity contribution in [3.63, 3.8) is 0 Å². The Morgan fingerprint density at radius 1 is 1.14 bits per heavy atom. The zero-order chi connectivity index (χ0) is 20.5. The molecule has 0 unspecified atom stereocenters.